The van der Waals surface area contributed by atoms with Crippen LogP contribution in [0.15, 0.2) is 66.9 Å². The molecule has 0 radical (unpaired) electrons. The fraction of sp³-hybridized carbons (Fsp3) is 0.0526. The van der Waals surface area contributed by atoms with Crippen LogP contribution in [0.5, 0.6) is 5.75 Å². The molecule has 9 heteroatoms. The molecule has 28 heavy (non-hydrogen) atoms. The first-order valence-corrected chi connectivity index (χ1v) is 8.33. The third kappa shape index (κ3) is 5.37. The predicted molar refractivity (Wildman–Crippen MR) is 100 cm³/mol. The Hall–Kier alpha value is -3.26. The van der Waals surface area contributed by atoms with E-state index in [2.05, 4.69) is 20.4 Å². The molecule has 2 N–H and O–H groups in total. The van der Waals surface area contributed by atoms with Crippen molar-refractivity contribution in [2.75, 3.05) is 10.6 Å². The summed E-state index contributed by atoms with van der Waals surface area (Å²) in [5, 5.41) is 5.60. The number of ether oxygens (including phenoxy) is 1. The summed E-state index contributed by atoms with van der Waals surface area (Å²) >= 11 is 5.80. The van der Waals surface area contributed by atoms with E-state index in [1.807, 2.05) is 12.1 Å². The van der Waals surface area contributed by atoms with Crippen molar-refractivity contribution in [2.24, 2.45) is 0 Å². The maximum atomic E-state index is 12.3. The Bertz CT molecular complexity index is 961. The number of urea groups is 1. The van der Waals surface area contributed by atoms with Gasteiger partial charge in [-0.15, -0.1) is 13.2 Å². The van der Waals surface area contributed by atoms with Gasteiger partial charge in [0.25, 0.3) is 0 Å². The number of hydrogen-bond acceptors (Lipinski definition) is 3. The van der Waals surface area contributed by atoms with Crippen molar-refractivity contribution < 1.29 is 22.7 Å². The molecule has 0 bridgehead atoms. The lowest BCUT2D eigenvalue weighted by atomic mass is 10.1. The summed E-state index contributed by atoms with van der Waals surface area (Å²) in [6, 6.07) is 14.8. The van der Waals surface area contributed by atoms with Crippen LogP contribution in [0.4, 0.5) is 29.3 Å². The summed E-state index contributed by atoms with van der Waals surface area (Å²) < 4.78 is 40.3. The number of amides is 2. The van der Waals surface area contributed by atoms with Gasteiger partial charge in [0.1, 0.15) is 10.9 Å². The zero-order valence-corrected chi connectivity index (χ0v) is 14.9. The van der Waals surface area contributed by atoms with E-state index in [1.165, 1.54) is 12.1 Å². The third-order valence-electron chi connectivity index (χ3n) is 3.56. The van der Waals surface area contributed by atoms with Gasteiger partial charge in [0.05, 0.1) is 5.69 Å². The van der Waals surface area contributed by atoms with Gasteiger partial charge in [-0.1, -0.05) is 29.8 Å². The van der Waals surface area contributed by atoms with E-state index in [1.54, 1.807) is 30.5 Å². The second kappa shape index (κ2) is 8.18. The number of pyridine rings is 1. The van der Waals surface area contributed by atoms with Gasteiger partial charge in [-0.3, -0.25) is 0 Å². The molecule has 144 valence electrons. The van der Waals surface area contributed by atoms with Crippen molar-refractivity contribution >= 4 is 29.0 Å². The second-order valence-electron chi connectivity index (χ2n) is 5.57. The number of halogens is 4. The number of nitrogens with one attached hydrogen (secondary N) is 2. The SMILES string of the molecule is O=C(Nc1ccc(OC(F)(F)F)cc1)Nc1ccccc1-c1ccc(Cl)nc1. The number of carbonyl (C=O) groups is 1. The number of rotatable bonds is 4. The van der Waals surface area contributed by atoms with Crippen molar-refractivity contribution in [1.29, 1.82) is 0 Å². The number of anilines is 2. The number of para-hydroxylation sites is 1. The molecule has 1 heterocycles. The maximum absolute atomic E-state index is 12.3. The first kappa shape index (κ1) is 19.5. The van der Waals surface area contributed by atoms with Crippen LogP contribution in [0, 0.1) is 0 Å². The minimum atomic E-state index is -4.77. The normalized spacial score (nSPS) is 11.0. The fourth-order valence-corrected chi connectivity index (χ4v) is 2.52. The summed E-state index contributed by atoms with van der Waals surface area (Å²) in [6.45, 7) is 0. The highest BCUT2D eigenvalue weighted by molar-refractivity contribution is 6.29. The smallest absolute Gasteiger partial charge is 0.406 e. The van der Waals surface area contributed by atoms with Crippen LogP contribution in [0.1, 0.15) is 0 Å². The minimum absolute atomic E-state index is 0.303. The summed E-state index contributed by atoms with van der Waals surface area (Å²) in [6.07, 6.45) is -3.19. The number of nitrogens with zero attached hydrogens (tertiary/aromatic N) is 1. The highest BCUT2D eigenvalue weighted by Gasteiger charge is 2.30. The molecule has 3 aromatic rings. The Morgan fingerprint density at radius 3 is 2.32 bits per heavy atom. The van der Waals surface area contributed by atoms with E-state index in [9.17, 15) is 18.0 Å². The van der Waals surface area contributed by atoms with Crippen molar-refractivity contribution in [3.63, 3.8) is 0 Å². The molecule has 5 nitrogen and oxygen atoms in total. The standard InChI is InChI=1S/C19H13ClF3N3O2/c20-17-10-5-12(11-24-17)15-3-1-2-4-16(15)26-18(27)25-13-6-8-14(9-7-13)28-19(21,22)23/h1-11H,(H2,25,26,27). The zero-order valence-electron chi connectivity index (χ0n) is 14.1. The third-order valence-corrected chi connectivity index (χ3v) is 3.78. The summed E-state index contributed by atoms with van der Waals surface area (Å²) in [5.74, 6) is -0.376. The van der Waals surface area contributed by atoms with Crippen LogP contribution < -0.4 is 15.4 Å². The zero-order chi connectivity index (χ0) is 20.1. The number of alkyl halides is 3. The molecule has 2 aromatic carbocycles. The molecule has 0 aliphatic rings. The van der Waals surface area contributed by atoms with E-state index in [-0.39, 0.29) is 5.75 Å². The average Bonchev–Trinajstić information content (AvgIpc) is 2.63. The van der Waals surface area contributed by atoms with Gasteiger partial charge >= 0.3 is 12.4 Å². The summed E-state index contributed by atoms with van der Waals surface area (Å²) in [4.78, 5) is 16.3. The highest BCUT2D eigenvalue weighted by Crippen LogP contribution is 2.28. The molecule has 0 spiro atoms. The first-order valence-electron chi connectivity index (χ1n) is 7.95. The van der Waals surface area contributed by atoms with Crippen molar-refractivity contribution in [3.8, 4) is 16.9 Å². The Kier molecular flexibility index (Phi) is 5.70. The van der Waals surface area contributed by atoms with E-state index >= 15 is 0 Å². The van der Waals surface area contributed by atoms with Crippen LogP contribution in [-0.2, 0) is 0 Å². The van der Waals surface area contributed by atoms with Crippen LogP contribution in [-0.4, -0.2) is 17.4 Å². The summed E-state index contributed by atoms with van der Waals surface area (Å²) in [5.41, 5.74) is 2.32. The number of carbonyl (C=O) groups excluding carboxylic acids is 1. The molecule has 0 saturated carbocycles. The maximum Gasteiger partial charge on any atom is 0.573 e. The van der Waals surface area contributed by atoms with Crippen LogP contribution in [0.2, 0.25) is 5.15 Å². The van der Waals surface area contributed by atoms with Gasteiger partial charge in [0.2, 0.25) is 0 Å². The van der Waals surface area contributed by atoms with Crippen molar-refractivity contribution in [1.82, 2.24) is 4.98 Å². The quantitative estimate of drug-likeness (QED) is 0.526. The molecular weight excluding hydrogens is 395 g/mol. The van der Waals surface area contributed by atoms with Gasteiger partial charge in [-0.25, -0.2) is 9.78 Å². The second-order valence-corrected chi connectivity index (χ2v) is 5.95. The molecule has 0 aliphatic heterocycles. The topological polar surface area (TPSA) is 63.2 Å². The van der Waals surface area contributed by atoms with Crippen LogP contribution in [0.25, 0.3) is 11.1 Å². The van der Waals surface area contributed by atoms with Crippen molar-refractivity contribution in [3.05, 3.63) is 72.0 Å². The average molecular weight is 408 g/mol. The Labute approximate surface area is 163 Å². The van der Waals surface area contributed by atoms with Gasteiger partial charge in [0, 0.05) is 23.0 Å². The van der Waals surface area contributed by atoms with Gasteiger partial charge < -0.3 is 15.4 Å². The lowest BCUT2D eigenvalue weighted by Gasteiger charge is -2.13. The molecule has 1 aromatic heterocycles. The van der Waals surface area contributed by atoms with E-state index < -0.39 is 12.4 Å². The van der Waals surface area contributed by atoms with Crippen LogP contribution >= 0.6 is 11.6 Å². The van der Waals surface area contributed by atoms with Crippen LogP contribution in [0.3, 0.4) is 0 Å². The van der Waals surface area contributed by atoms with E-state index in [0.717, 1.165) is 23.3 Å². The highest BCUT2D eigenvalue weighted by atomic mass is 35.5. The fourth-order valence-electron chi connectivity index (χ4n) is 2.40. The summed E-state index contributed by atoms with van der Waals surface area (Å²) in [7, 11) is 0. The van der Waals surface area contributed by atoms with Crippen molar-refractivity contribution in [2.45, 2.75) is 6.36 Å². The molecule has 2 amide bonds. The Morgan fingerprint density at radius 2 is 1.68 bits per heavy atom. The number of hydrogen-bond donors (Lipinski definition) is 2. The lowest BCUT2D eigenvalue weighted by Crippen LogP contribution is -2.20. The minimum Gasteiger partial charge on any atom is -0.406 e. The monoisotopic (exact) mass is 407 g/mol. The Balaban J connectivity index is 1.69. The van der Waals surface area contributed by atoms with Gasteiger partial charge in [-0.2, -0.15) is 0 Å². The molecule has 0 saturated heterocycles. The number of aromatic nitrogens is 1. The Morgan fingerprint density at radius 1 is 0.964 bits per heavy atom. The molecule has 3 rings (SSSR count). The lowest BCUT2D eigenvalue weighted by molar-refractivity contribution is -0.274. The molecule has 0 fully saturated rings. The molecule has 0 atom stereocenters. The molecule has 0 aliphatic carbocycles. The van der Waals surface area contributed by atoms with Gasteiger partial charge in [-0.05, 0) is 42.5 Å². The number of benzene rings is 2. The van der Waals surface area contributed by atoms with E-state index in [0.29, 0.717) is 16.5 Å². The predicted octanol–water partition coefficient (Wildman–Crippen LogP) is 5.94. The van der Waals surface area contributed by atoms with Gasteiger partial charge in [0.15, 0.2) is 0 Å². The molecular formula is C19H13ClF3N3O2. The van der Waals surface area contributed by atoms with E-state index in [4.69, 9.17) is 11.6 Å². The first-order chi connectivity index (χ1) is 13.3. The molecule has 0 unspecified atom stereocenters. The largest absolute Gasteiger partial charge is 0.573 e.